The van der Waals surface area contributed by atoms with Crippen LogP contribution in [0.4, 0.5) is 0 Å². The summed E-state index contributed by atoms with van der Waals surface area (Å²) in [6.45, 7) is 8.81. The van der Waals surface area contributed by atoms with Gasteiger partial charge in [0.25, 0.3) is 0 Å². The molecule has 1 aliphatic rings. The molecule has 1 heterocycles. The van der Waals surface area contributed by atoms with Crippen LogP contribution in [0.25, 0.3) is 0 Å². The van der Waals surface area contributed by atoms with Crippen molar-refractivity contribution in [1.82, 2.24) is 5.32 Å². The zero-order valence-corrected chi connectivity index (χ0v) is 13.0. The van der Waals surface area contributed by atoms with Gasteiger partial charge in [0.2, 0.25) is 0 Å². The second kappa shape index (κ2) is 8.50. The van der Waals surface area contributed by atoms with Crippen molar-refractivity contribution >= 4 is 11.8 Å². The zero-order chi connectivity index (χ0) is 14.9. The lowest BCUT2D eigenvalue weighted by Gasteiger charge is -2.17. The summed E-state index contributed by atoms with van der Waals surface area (Å²) in [5.41, 5.74) is 2.91. The molecule has 1 N–H and O–H groups in total. The van der Waals surface area contributed by atoms with Crippen LogP contribution in [0, 0.1) is 0 Å². The van der Waals surface area contributed by atoms with E-state index in [1.165, 1.54) is 20.9 Å². The maximum Gasteiger partial charge on any atom is 0.0157 e. The van der Waals surface area contributed by atoms with Crippen molar-refractivity contribution in [3.63, 3.8) is 0 Å². The van der Waals surface area contributed by atoms with Gasteiger partial charge in [0, 0.05) is 22.9 Å². The van der Waals surface area contributed by atoms with E-state index in [0.717, 1.165) is 19.5 Å². The molecule has 0 radical (unpaired) electrons. The molecule has 2 aromatic rings. The summed E-state index contributed by atoms with van der Waals surface area (Å²) in [5, 5.41) is 3.05. The van der Waals surface area contributed by atoms with Crippen LogP contribution in [-0.4, -0.2) is 13.1 Å². The van der Waals surface area contributed by atoms with Crippen LogP contribution in [0.2, 0.25) is 0 Å². The molecule has 0 fully saturated rings. The summed E-state index contributed by atoms with van der Waals surface area (Å²) in [7, 11) is 0. The Kier molecular flexibility index (Phi) is 6.32. The number of nitrogens with one attached hydrogen (secondary N) is 1. The first-order valence-electron chi connectivity index (χ1n) is 7.11. The number of hydrogen-bond donors (Lipinski definition) is 1. The second-order valence-electron chi connectivity index (χ2n) is 4.73. The minimum Gasteiger partial charge on any atom is -0.310 e. The molecule has 2 aromatic carbocycles. The lowest BCUT2D eigenvalue weighted by molar-refractivity contribution is 0.845. The third kappa shape index (κ3) is 4.62. The highest BCUT2D eigenvalue weighted by molar-refractivity contribution is 7.99. The van der Waals surface area contributed by atoms with Crippen LogP contribution in [0.5, 0.6) is 0 Å². The lowest BCUT2D eigenvalue weighted by Crippen LogP contribution is -2.11. The van der Waals surface area contributed by atoms with Gasteiger partial charge in [-0.1, -0.05) is 60.3 Å². The molecule has 1 nitrogen and oxygen atoms in total. The predicted octanol–water partition coefficient (Wildman–Crippen LogP) is 4.69. The Hall–Kier alpha value is -1.77. The van der Waals surface area contributed by atoms with Gasteiger partial charge in [-0.3, -0.25) is 0 Å². The van der Waals surface area contributed by atoms with Gasteiger partial charge in [-0.05, 0) is 29.7 Å². The van der Waals surface area contributed by atoms with Gasteiger partial charge in [0.05, 0.1) is 0 Å². The summed E-state index contributed by atoms with van der Waals surface area (Å²) in [6.07, 6.45) is 4.73. The maximum atomic E-state index is 3.54. The largest absolute Gasteiger partial charge is 0.310 e. The highest BCUT2D eigenvalue weighted by atomic mass is 32.2. The molecule has 0 atom stereocenters. The van der Waals surface area contributed by atoms with Crippen molar-refractivity contribution in [2.24, 2.45) is 0 Å². The fourth-order valence-corrected chi connectivity index (χ4v) is 3.18. The van der Waals surface area contributed by atoms with Gasteiger partial charge in [0.15, 0.2) is 0 Å². The molecule has 0 amide bonds. The Balaban J connectivity index is 0.000000199. The summed E-state index contributed by atoms with van der Waals surface area (Å²) in [5.74, 6) is 0. The first kappa shape index (κ1) is 15.6. The summed E-state index contributed by atoms with van der Waals surface area (Å²) in [6, 6.07) is 17.3. The van der Waals surface area contributed by atoms with Gasteiger partial charge in [-0.15, -0.1) is 13.2 Å². The van der Waals surface area contributed by atoms with Crippen molar-refractivity contribution in [1.29, 1.82) is 0 Å². The number of rotatable bonds is 4. The van der Waals surface area contributed by atoms with Gasteiger partial charge < -0.3 is 5.32 Å². The average Bonchev–Trinajstić information content (AvgIpc) is 2.54. The van der Waals surface area contributed by atoms with E-state index in [0.29, 0.717) is 0 Å². The monoisotopic (exact) mass is 295 g/mol. The molecule has 0 saturated carbocycles. The highest BCUT2D eigenvalue weighted by Crippen LogP contribution is 2.38. The van der Waals surface area contributed by atoms with Crippen molar-refractivity contribution in [3.8, 4) is 0 Å². The van der Waals surface area contributed by atoms with E-state index in [1.807, 2.05) is 23.9 Å². The summed E-state index contributed by atoms with van der Waals surface area (Å²) >= 11 is 1.88. The van der Waals surface area contributed by atoms with Gasteiger partial charge >= 0.3 is 0 Å². The minimum absolute atomic E-state index is 0.867. The first-order valence-corrected chi connectivity index (χ1v) is 7.93. The van der Waals surface area contributed by atoms with E-state index >= 15 is 0 Å². The molecule has 0 aromatic heterocycles. The van der Waals surface area contributed by atoms with E-state index in [2.05, 4.69) is 67.0 Å². The van der Waals surface area contributed by atoms with Crippen LogP contribution in [0.15, 0.2) is 83.6 Å². The van der Waals surface area contributed by atoms with E-state index < -0.39 is 0 Å². The third-order valence-corrected chi connectivity index (χ3v) is 4.36. The maximum absolute atomic E-state index is 3.54. The molecule has 2 heteroatoms. The van der Waals surface area contributed by atoms with Crippen molar-refractivity contribution < 1.29 is 0 Å². The standard InChI is InChI=1S/C13H10S.C6H11N/c1-3-7-12-10(5-1)9-11-6-2-4-8-13(11)14-12;1-3-5-7-6-4-2/h1-8H,9H2;3-4,7H,1-2,5-6H2. The highest BCUT2D eigenvalue weighted by Gasteiger charge is 2.13. The molecule has 0 spiro atoms. The molecule has 3 rings (SSSR count). The molecule has 0 saturated heterocycles. The van der Waals surface area contributed by atoms with Crippen LogP contribution in [0.1, 0.15) is 11.1 Å². The number of hydrogen-bond acceptors (Lipinski definition) is 2. The molecular formula is C19H21NS. The first-order chi connectivity index (χ1) is 10.3. The van der Waals surface area contributed by atoms with E-state index in [9.17, 15) is 0 Å². The molecular weight excluding hydrogens is 274 g/mol. The fraction of sp³-hybridized carbons (Fsp3) is 0.158. The lowest BCUT2D eigenvalue weighted by atomic mass is 10.0. The van der Waals surface area contributed by atoms with E-state index in [-0.39, 0.29) is 0 Å². The normalized spacial score (nSPS) is 11.4. The molecule has 0 aliphatic carbocycles. The van der Waals surface area contributed by atoms with Crippen molar-refractivity contribution in [2.75, 3.05) is 13.1 Å². The Morgan fingerprint density at radius 2 is 1.33 bits per heavy atom. The van der Waals surface area contributed by atoms with Gasteiger partial charge in [-0.25, -0.2) is 0 Å². The summed E-state index contributed by atoms with van der Waals surface area (Å²) < 4.78 is 0. The topological polar surface area (TPSA) is 12.0 Å². The molecule has 108 valence electrons. The third-order valence-electron chi connectivity index (χ3n) is 3.12. The zero-order valence-electron chi connectivity index (χ0n) is 12.2. The quantitative estimate of drug-likeness (QED) is 0.553. The molecule has 0 unspecified atom stereocenters. The van der Waals surface area contributed by atoms with Crippen LogP contribution in [0.3, 0.4) is 0 Å². The minimum atomic E-state index is 0.867. The SMILES string of the molecule is C=CCNCC=C.c1ccc2c(c1)Cc1ccccc1S2. The van der Waals surface area contributed by atoms with Gasteiger partial charge in [-0.2, -0.15) is 0 Å². The summed E-state index contributed by atoms with van der Waals surface area (Å²) in [4.78, 5) is 2.82. The Morgan fingerprint density at radius 3 is 1.81 bits per heavy atom. The van der Waals surface area contributed by atoms with Crippen molar-refractivity contribution in [3.05, 3.63) is 85.0 Å². The fourth-order valence-electron chi connectivity index (χ4n) is 2.11. The Labute approximate surface area is 131 Å². The van der Waals surface area contributed by atoms with Crippen LogP contribution < -0.4 is 5.32 Å². The van der Waals surface area contributed by atoms with Crippen LogP contribution in [-0.2, 0) is 6.42 Å². The molecule has 21 heavy (non-hydrogen) atoms. The van der Waals surface area contributed by atoms with E-state index in [1.54, 1.807) is 0 Å². The average molecular weight is 295 g/mol. The Morgan fingerprint density at radius 1 is 0.857 bits per heavy atom. The van der Waals surface area contributed by atoms with Crippen molar-refractivity contribution in [2.45, 2.75) is 16.2 Å². The second-order valence-corrected chi connectivity index (χ2v) is 5.81. The number of benzene rings is 2. The van der Waals surface area contributed by atoms with E-state index in [4.69, 9.17) is 0 Å². The number of fused-ring (bicyclic) bond motifs is 2. The Bertz CT molecular complexity index is 509. The van der Waals surface area contributed by atoms with Gasteiger partial charge in [0.1, 0.15) is 0 Å². The predicted molar refractivity (Wildman–Crippen MR) is 93.1 cm³/mol. The molecule has 0 bridgehead atoms. The smallest absolute Gasteiger partial charge is 0.0157 e. The van der Waals surface area contributed by atoms with Crippen LogP contribution >= 0.6 is 11.8 Å². The molecule has 1 aliphatic heterocycles.